The average molecular weight is 197 g/mol. The molecule has 0 amide bonds. The van der Waals surface area contributed by atoms with Gasteiger partial charge in [-0.3, -0.25) is 4.79 Å². The number of carbonyl (C=O) groups is 1. The van der Waals surface area contributed by atoms with Gasteiger partial charge in [0.25, 0.3) is 0 Å². The highest BCUT2D eigenvalue weighted by molar-refractivity contribution is 5.69. The highest BCUT2D eigenvalue weighted by Gasteiger charge is 2.05. The molecule has 0 saturated carbocycles. The van der Waals surface area contributed by atoms with Crippen LogP contribution in [0.15, 0.2) is 18.2 Å². The number of hydrogen-bond donors (Lipinski definition) is 1. The summed E-state index contributed by atoms with van der Waals surface area (Å²) in [4.78, 5) is 10.8. The molecule has 14 heavy (non-hydrogen) atoms. The number of carbonyl (C=O) groups excluding carboxylic acids is 1. The van der Waals surface area contributed by atoms with Gasteiger partial charge in [0.05, 0.1) is 7.11 Å². The second-order valence-corrected chi connectivity index (χ2v) is 2.93. The second-order valence-electron chi connectivity index (χ2n) is 2.93. The number of benzene rings is 1. The fourth-order valence-electron chi connectivity index (χ4n) is 1.11. The first-order valence-electron chi connectivity index (χ1n) is 4.24. The van der Waals surface area contributed by atoms with Crippen LogP contribution in [0.4, 0.5) is 10.1 Å². The molecule has 0 aromatic heterocycles. The lowest BCUT2D eigenvalue weighted by Crippen LogP contribution is -2.03. The van der Waals surface area contributed by atoms with E-state index in [0.29, 0.717) is 17.7 Å². The van der Waals surface area contributed by atoms with Crippen molar-refractivity contribution >= 4 is 11.7 Å². The summed E-state index contributed by atoms with van der Waals surface area (Å²) in [6.45, 7) is 0. The normalized spacial score (nSPS) is 9.86. The lowest BCUT2D eigenvalue weighted by Gasteiger charge is -2.02. The van der Waals surface area contributed by atoms with E-state index in [-0.39, 0.29) is 18.2 Å². The summed E-state index contributed by atoms with van der Waals surface area (Å²) in [5, 5.41) is 0. The molecule has 0 fully saturated rings. The topological polar surface area (TPSA) is 52.3 Å². The van der Waals surface area contributed by atoms with Crippen molar-refractivity contribution in [2.75, 3.05) is 12.8 Å². The molecular weight excluding hydrogens is 185 g/mol. The molecule has 0 unspecified atom stereocenters. The minimum atomic E-state index is -0.381. The molecule has 0 spiro atoms. The van der Waals surface area contributed by atoms with E-state index in [1.165, 1.54) is 13.2 Å². The molecule has 0 heterocycles. The Morgan fingerprint density at radius 3 is 2.86 bits per heavy atom. The Morgan fingerprint density at radius 2 is 2.29 bits per heavy atom. The van der Waals surface area contributed by atoms with E-state index >= 15 is 0 Å². The lowest BCUT2D eigenvalue weighted by molar-refractivity contribution is -0.140. The van der Waals surface area contributed by atoms with Gasteiger partial charge in [-0.15, -0.1) is 0 Å². The second kappa shape index (κ2) is 4.60. The lowest BCUT2D eigenvalue weighted by atomic mass is 10.1. The number of methoxy groups -OCH3 is 1. The summed E-state index contributed by atoms with van der Waals surface area (Å²) in [7, 11) is 1.31. The zero-order valence-corrected chi connectivity index (χ0v) is 7.92. The van der Waals surface area contributed by atoms with Crippen molar-refractivity contribution in [3.05, 3.63) is 29.6 Å². The monoisotopic (exact) mass is 197 g/mol. The fourth-order valence-corrected chi connectivity index (χ4v) is 1.11. The number of ether oxygens (including phenoxy) is 1. The van der Waals surface area contributed by atoms with Crippen molar-refractivity contribution in [2.45, 2.75) is 12.8 Å². The molecule has 0 saturated heterocycles. The van der Waals surface area contributed by atoms with Crippen molar-refractivity contribution < 1.29 is 13.9 Å². The van der Waals surface area contributed by atoms with Crippen molar-refractivity contribution in [2.24, 2.45) is 0 Å². The van der Waals surface area contributed by atoms with Crippen molar-refractivity contribution in [1.29, 1.82) is 0 Å². The summed E-state index contributed by atoms with van der Waals surface area (Å²) in [6, 6.07) is 4.43. The maximum atomic E-state index is 13.2. The largest absolute Gasteiger partial charge is 0.469 e. The Hall–Kier alpha value is -1.58. The van der Waals surface area contributed by atoms with Gasteiger partial charge < -0.3 is 10.5 Å². The zero-order valence-electron chi connectivity index (χ0n) is 7.92. The SMILES string of the molecule is COC(=O)CCc1ccc(N)cc1F. The molecule has 4 heteroatoms. The van der Waals surface area contributed by atoms with Crippen LogP contribution in [0, 0.1) is 5.82 Å². The van der Waals surface area contributed by atoms with E-state index in [0.717, 1.165) is 0 Å². The van der Waals surface area contributed by atoms with Gasteiger partial charge in [0.2, 0.25) is 0 Å². The first-order chi connectivity index (χ1) is 6.63. The fraction of sp³-hybridized carbons (Fsp3) is 0.300. The number of anilines is 1. The Morgan fingerprint density at radius 1 is 1.57 bits per heavy atom. The van der Waals surface area contributed by atoms with Gasteiger partial charge in [0.15, 0.2) is 0 Å². The number of esters is 1. The van der Waals surface area contributed by atoms with E-state index in [2.05, 4.69) is 4.74 Å². The molecule has 0 aliphatic carbocycles. The summed E-state index contributed by atoms with van der Waals surface area (Å²) < 4.78 is 17.6. The summed E-state index contributed by atoms with van der Waals surface area (Å²) in [6.07, 6.45) is 0.510. The molecular formula is C10H12FNO2. The maximum Gasteiger partial charge on any atom is 0.305 e. The van der Waals surface area contributed by atoms with Gasteiger partial charge in [-0.25, -0.2) is 4.39 Å². The number of halogens is 1. The number of rotatable bonds is 3. The predicted octanol–water partition coefficient (Wildman–Crippen LogP) is 1.51. The Kier molecular flexibility index (Phi) is 3.45. The Bertz CT molecular complexity index is 339. The van der Waals surface area contributed by atoms with E-state index in [1.807, 2.05) is 0 Å². The van der Waals surface area contributed by atoms with Gasteiger partial charge >= 0.3 is 5.97 Å². The molecule has 1 aromatic rings. The van der Waals surface area contributed by atoms with Gasteiger partial charge in [-0.2, -0.15) is 0 Å². The summed E-state index contributed by atoms with van der Waals surface area (Å²) in [5.41, 5.74) is 6.23. The van der Waals surface area contributed by atoms with E-state index < -0.39 is 0 Å². The van der Waals surface area contributed by atoms with Crippen molar-refractivity contribution in [3.63, 3.8) is 0 Å². The van der Waals surface area contributed by atoms with Crippen molar-refractivity contribution in [1.82, 2.24) is 0 Å². The number of hydrogen-bond acceptors (Lipinski definition) is 3. The quantitative estimate of drug-likeness (QED) is 0.590. The highest BCUT2D eigenvalue weighted by Crippen LogP contribution is 2.13. The van der Waals surface area contributed by atoms with Crippen LogP contribution in [0.25, 0.3) is 0 Å². The van der Waals surface area contributed by atoms with Gasteiger partial charge in [-0.1, -0.05) is 6.07 Å². The van der Waals surface area contributed by atoms with Crippen molar-refractivity contribution in [3.8, 4) is 0 Å². The highest BCUT2D eigenvalue weighted by atomic mass is 19.1. The molecule has 76 valence electrons. The molecule has 0 aliphatic rings. The van der Waals surface area contributed by atoms with Crippen LogP contribution in [-0.2, 0) is 16.0 Å². The Labute approximate surface area is 81.7 Å². The third-order valence-electron chi connectivity index (χ3n) is 1.90. The predicted molar refractivity (Wildman–Crippen MR) is 51.1 cm³/mol. The van der Waals surface area contributed by atoms with E-state index in [9.17, 15) is 9.18 Å². The van der Waals surface area contributed by atoms with E-state index in [1.54, 1.807) is 12.1 Å². The summed E-state index contributed by atoms with van der Waals surface area (Å²) in [5.74, 6) is -0.727. The minimum absolute atomic E-state index is 0.178. The molecule has 0 radical (unpaired) electrons. The van der Waals surface area contributed by atoms with Crippen LogP contribution >= 0.6 is 0 Å². The molecule has 1 aromatic carbocycles. The third-order valence-corrected chi connectivity index (χ3v) is 1.90. The van der Waals surface area contributed by atoms with Crippen LogP contribution in [0.2, 0.25) is 0 Å². The Balaban J connectivity index is 2.63. The number of nitrogens with two attached hydrogens (primary N) is 1. The third kappa shape index (κ3) is 2.73. The number of nitrogen functional groups attached to an aromatic ring is 1. The zero-order chi connectivity index (χ0) is 10.6. The van der Waals surface area contributed by atoms with Gasteiger partial charge in [-0.05, 0) is 24.1 Å². The molecule has 0 atom stereocenters. The number of aryl methyl sites for hydroxylation is 1. The molecule has 1 rings (SSSR count). The van der Waals surface area contributed by atoms with Crippen LogP contribution < -0.4 is 5.73 Å². The molecule has 0 aliphatic heterocycles. The average Bonchev–Trinajstić information content (AvgIpc) is 2.16. The first kappa shape index (κ1) is 10.5. The van der Waals surface area contributed by atoms with Crippen LogP contribution in [0.5, 0.6) is 0 Å². The van der Waals surface area contributed by atoms with Gasteiger partial charge in [0.1, 0.15) is 5.82 Å². The molecule has 3 nitrogen and oxygen atoms in total. The van der Waals surface area contributed by atoms with E-state index in [4.69, 9.17) is 5.73 Å². The minimum Gasteiger partial charge on any atom is -0.469 e. The first-order valence-corrected chi connectivity index (χ1v) is 4.24. The molecule has 2 N–H and O–H groups in total. The summed E-state index contributed by atoms with van der Waals surface area (Å²) >= 11 is 0. The standard InChI is InChI=1S/C10H12FNO2/c1-14-10(13)5-3-7-2-4-8(12)6-9(7)11/h2,4,6H,3,5,12H2,1H3. The van der Waals surface area contributed by atoms with Crippen LogP contribution in [0.3, 0.4) is 0 Å². The van der Waals surface area contributed by atoms with Gasteiger partial charge in [0, 0.05) is 12.1 Å². The smallest absolute Gasteiger partial charge is 0.305 e. The maximum absolute atomic E-state index is 13.2. The molecule has 0 bridgehead atoms. The van der Waals surface area contributed by atoms with Crippen LogP contribution in [0.1, 0.15) is 12.0 Å². The van der Waals surface area contributed by atoms with Crippen LogP contribution in [-0.4, -0.2) is 13.1 Å².